The van der Waals surface area contributed by atoms with E-state index in [1.54, 1.807) is 6.26 Å². The second kappa shape index (κ2) is 5.62. The molecule has 1 aliphatic rings. The highest BCUT2D eigenvalue weighted by Crippen LogP contribution is 2.34. The van der Waals surface area contributed by atoms with Crippen LogP contribution < -0.4 is 5.73 Å². The highest BCUT2D eigenvalue weighted by molar-refractivity contribution is 5.65. The fraction of sp³-hybridized carbons (Fsp3) is 0.412. The first-order valence-electron chi connectivity index (χ1n) is 7.25. The lowest BCUT2D eigenvalue weighted by molar-refractivity contribution is 0.443. The lowest BCUT2D eigenvalue weighted by atomic mass is 9.84. The summed E-state index contributed by atoms with van der Waals surface area (Å²) in [5.41, 5.74) is 9.50. The zero-order chi connectivity index (χ0) is 13.1. The van der Waals surface area contributed by atoms with E-state index in [1.165, 1.54) is 43.2 Å². The fourth-order valence-electron chi connectivity index (χ4n) is 3.13. The number of benzene rings is 1. The summed E-state index contributed by atoms with van der Waals surface area (Å²) in [6.07, 6.45) is 8.57. The van der Waals surface area contributed by atoms with Gasteiger partial charge in [0.2, 0.25) is 0 Å². The Kier molecular flexibility index (Phi) is 3.69. The molecular weight excluding hydrogens is 234 g/mol. The van der Waals surface area contributed by atoms with Crippen molar-refractivity contribution in [1.82, 2.24) is 0 Å². The van der Waals surface area contributed by atoms with Gasteiger partial charge in [0.1, 0.15) is 5.76 Å². The van der Waals surface area contributed by atoms with Crippen molar-refractivity contribution in [2.75, 3.05) is 0 Å². The van der Waals surface area contributed by atoms with E-state index >= 15 is 0 Å². The van der Waals surface area contributed by atoms with Crippen molar-refractivity contribution >= 4 is 0 Å². The normalized spacial score (nSPS) is 16.7. The summed E-state index contributed by atoms with van der Waals surface area (Å²) in [7, 11) is 0. The Hall–Kier alpha value is -1.54. The van der Waals surface area contributed by atoms with Crippen LogP contribution in [0.1, 0.15) is 49.3 Å². The molecule has 0 radical (unpaired) electrons. The maximum absolute atomic E-state index is 5.69. The van der Waals surface area contributed by atoms with Gasteiger partial charge in [-0.2, -0.15) is 0 Å². The van der Waals surface area contributed by atoms with Gasteiger partial charge in [-0.15, -0.1) is 0 Å². The molecule has 0 saturated heterocycles. The molecule has 0 bridgehead atoms. The lowest BCUT2D eigenvalue weighted by Gasteiger charge is -2.22. The molecule has 1 heterocycles. The Balaban J connectivity index is 1.82. The van der Waals surface area contributed by atoms with Gasteiger partial charge < -0.3 is 10.2 Å². The van der Waals surface area contributed by atoms with Gasteiger partial charge in [-0.3, -0.25) is 0 Å². The summed E-state index contributed by atoms with van der Waals surface area (Å²) in [6, 6.07) is 11.0. The number of rotatable bonds is 3. The van der Waals surface area contributed by atoms with Crippen LogP contribution in [0, 0.1) is 0 Å². The molecule has 1 aromatic carbocycles. The third kappa shape index (κ3) is 2.59. The Morgan fingerprint density at radius 2 is 1.74 bits per heavy atom. The molecule has 0 spiro atoms. The van der Waals surface area contributed by atoms with Gasteiger partial charge >= 0.3 is 0 Å². The molecular formula is C17H21NO. The summed E-state index contributed by atoms with van der Waals surface area (Å²) in [5, 5.41) is 0. The van der Waals surface area contributed by atoms with Crippen LogP contribution in [0.5, 0.6) is 0 Å². The molecule has 2 nitrogen and oxygen atoms in total. The Bertz CT molecular complexity index is 520. The second-order valence-electron chi connectivity index (χ2n) is 5.42. The molecule has 19 heavy (non-hydrogen) atoms. The van der Waals surface area contributed by atoms with Crippen LogP contribution >= 0.6 is 0 Å². The van der Waals surface area contributed by atoms with E-state index in [2.05, 4.69) is 24.3 Å². The van der Waals surface area contributed by atoms with Crippen LogP contribution in [-0.2, 0) is 6.54 Å². The van der Waals surface area contributed by atoms with Crippen LogP contribution in [0.3, 0.4) is 0 Å². The SMILES string of the molecule is NCc1occc1-c1ccc(C2CCCCC2)cc1. The summed E-state index contributed by atoms with van der Waals surface area (Å²) in [6.45, 7) is 0.451. The van der Waals surface area contributed by atoms with E-state index in [0.717, 1.165) is 17.2 Å². The average Bonchev–Trinajstić information content (AvgIpc) is 2.97. The van der Waals surface area contributed by atoms with E-state index in [-0.39, 0.29) is 0 Å². The Morgan fingerprint density at radius 3 is 2.42 bits per heavy atom. The number of hydrogen-bond acceptors (Lipinski definition) is 2. The largest absolute Gasteiger partial charge is 0.467 e. The first-order chi connectivity index (χ1) is 9.38. The molecule has 100 valence electrons. The number of hydrogen-bond donors (Lipinski definition) is 1. The molecule has 0 unspecified atom stereocenters. The van der Waals surface area contributed by atoms with Crippen LogP contribution in [0.2, 0.25) is 0 Å². The minimum Gasteiger partial charge on any atom is -0.467 e. The first-order valence-corrected chi connectivity index (χ1v) is 7.25. The van der Waals surface area contributed by atoms with Gasteiger partial charge in [-0.1, -0.05) is 43.5 Å². The van der Waals surface area contributed by atoms with Gasteiger partial charge in [0, 0.05) is 5.56 Å². The lowest BCUT2D eigenvalue weighted by Crippen LogP contribution is -2.04. The molecule has 2 aromatic rings. The van der Waals surface area contributed by atoms with Crippen molar-refractivity contribution < 1.29 is 4.42 Å². The number of furan rings is 1. The molecule has 1 aliphatic carbocycles. The minimum absolute atomic E-state index is 0.451. The third-order valence-corrected chi connectivity index (χ3v) is 4.23. The minimum atomic E-state index is 0.451. The third-order valence-electron chi connectivity index (χ3n) is 4.23. The molecule has 0 amide bonds. The molecule has 1 aromatic heterocycles. The van der Waals surface area contributed by atoms with E-state index in [4.69, 9.17) is 10.2 Å². The van der Waals surface area contributed by atoms with E-state index in [1.807, 2.05) is 6.07 Å². The monoisotopic (exact) mass is 255 g/mol. The zero-order valence-corrected chi connectivity index (χ0v) is 11.3. The van der Waals surface area contributed by atoms with Crippen molar-refractivity contribution in [1.29, 1.82) is 0 Å². The molecule has 3 rings (SSSR count). The van der Waals surface area contributed by atoms with Crippen LogP contribution in [-0.4, -0.2) is 0 Å². The molecule has 2 N–H and O–H groups in total. The molecule has 0 atom stereocenters. The molecule has 0 aliphatic heterocycles. The van der Waals surface area contributed by atoms with Gasteiger partial charge in [-0.05, 0) is 36.0 Å². The Labute approximate surface area is 114 Å². The van der Waals surface area contributed by atoms with Crippen LogP contribution in [0.15, 0.2) is 41.0 Å². The molecule has 1 saturated carbocycles. The average molecular weight is 255 g/mol. The maximum Gasteiger partial charge on any atom is 0.125 e. The maximum atomic E-state index is 5.69. The van der Waals surface area contributed by atoms with Gasteiger partial charge in [0.25, 0.3) is 0 Å². The van der Waals surface area contributed by atoms with Crippen molar-refractivity contribution in [3.8, 4) is 11.1 Å². The standard InChI is InChI=1S/C17H21NO/c18-12-17-16(10-11-19-17)15-8-6-14(7-9-15)13-4-2-1-3-5-13/h6-11,13H,1-5,12,18H2. The van der Waals surface area contributed by atoms with Gasteiger partial charge in [0.15, 0.2) is 0 Å². The predicted molar refractivity (Wildman–Crippen MR) is 77.9 cm³/mol. The highest BCUT2D eigenvalue weighted by Gasteiger charge is 2.15. The smallest absolute Gasteiger partial charge is 0.125 e. The van der Waals surface area contributed by atoms with E-state index in [9.17, 15) is 0 Å². The summed E-state index contributed by atoms with van der Waals surface area (Å²) in [4.78, 5) is 0. The summed E-state index contributed by atoms with van der Waals surface area (Å²) in [5.74, 6) is 1.63. The molecule has 1 fully saturated rings. The molecule has 2 heteroatoms. The van der Waals surface area contributed by atoms with Crippen molar-refractivity contribution in [2.24, 2.45) is 5.73 Å². The van der Waals surface area contributed by atoms with Crippen molar-refractivity contribution in [3.63, 3.8) is 0 Å². The van der Waals surface area contributed by atoms with Gasteiger partial charge in [-0.25, -0.2) is 0 Å². The highest BCUT2D eigenvalue weighted by atomic mass is 16.3. The predicted octanol–water partition coefficient (Wildman–Crippen LogP) is 4.45. The van der Waals surface area contributed by atoms with Crippen molar-refractivity contribution in [2.45, 2.75) is 44.6 Å². The van der Waals surface area contributed by atoms with Gasteiger partial charge in [0.05, 0.1) is 12.8 Å². The van der Waals surface area contributed by atoms with E-state index in [0.29, 0.717) is 6.54 Å². The summed E-state index contributed by atoms with van der Waals surface area (Å²) < 4.78 is 5.39. The van der Waals surface area contributed by atoms with E-state index < -0.39 is 0 Å². The van der Waals surface area contributed by atoms with Crippen molar-refractivity contribution in [3.05, 3.63) is 47.9 Å². The zero-order valence-electron chi connectivity index (χ0n) is 11.3. The number of nitrogens with two attached hydrogens (primary N) is 1. The van der Waals surface area contributed by atoms with Crippen LogP contribution in [0.25, 0.3) is 11.1 Å². The Morgan fingerprint density at radius 1 is 1.00 bits per heavy atom. The van der Waals surface area contributed by atoms with Crippen LogP contribution in [0.4, 0.5) is 0 Å². The first kappa shape index (κ1) is 12.5. The topological polar surface area (TPSA) is 39.2 Å². The quantitative estimate of drug-likeness (QED) is 0.879. The second-order valence-corrected chi connectivity index (χ2v) is 5.42. The summed E-state index contributed by atoms with van der Waals surface area (Å²) >= 11 is 0. The fourth-order valence-corrected chi connectivity index (χ4v) is 3.13.